The van der Waals surface area contributed by atoms with Crippen molar-refractivity contribution in [3.63, 3.8) is 0 Å². The van der Waals surface area contributed by atoms with Crippen molar-refractivity contribution < 1.29 is 4.39 Å². The number of nitrogens with one attached hydrogen (secondary N) is 1. The first-order valence-corrected chi connectivity index (χ1v) is 7.78. The molecule has 1 fully saturated rings. The molecule has 19 heavy (non-hydrogen) atoms. The minimum Gasteiger partial charge on any atom is -0.310 e. The van der Waals surface area contributed by atoms with Crippen LogP contribution in [0.3, 0.4) is 0 Å². The zero-order valence-corrected chi connectivity index (χ0v) is 12.0. The first-order chi connectivity index (χ1) is 9.29. The van der Waals surface area contributed by atoms with Crippen LogP contribution in [-0.4, -0.2) is 6.54 Å². The highest BCUT2D eigenvalue weighted by molar-refractivity contribution is 5.20. The second-order valence-electron chi connectivity index (χ2n) is 5.80. The molecule has 1 unspecified atom stereocenters. The van der Waals surface area contributed by atoms with Crippen LogP contribution in [0, 0.1) is 11.7 Å². The van der Waals surface area contributed by atoms with Gasteiger partial charge in [0, 0.05) is 6.04 Å². The van der Waals surface area contributed by atoms with Crippen LogP contribution in [0.1, 0.15) is 63.5 Å². The molecule has 2 heteroatoms. The number of rotatable bonds is 6. The third kappa shape index (κ3) is 4.61. The van der Waals surface area contributed by atoms with E-state index < -0.39 is 0 Å². The molecule has 1 saturated carbocycles. The van der Waals surface area contributed by atoms with E-state index in [4.69, 9.17) is 0 Å². The van der Waals surface area contributed by atoms with Crippen molar-refractivity contribution in [3.05, 3.63) is 35.6 Å². The molecule has 0 bridgehead atoms. The van der Waals surface area contributed by atoms with Gasteiger partial charge in [0.2, 0.25) is 0 Å². The molecule has 0 radical (unpaired) electrons. The van der Waals surface area contributed by atoms with Crippen LogP contribution in [-0.2, 0) is 0 Å². The van der Waals surface area contributed by atoms with E-state index in [1.807, 2.05) is 12.1 Å². The van der Waals surface area contributed by atoms with E-state index in [0.29, 0.717) is 6.04 Å². The topological polar surface area (TPSA) is 12.0 Å². The van der Waals surface area contributed by atoms with Gasteiger partial charge in [0.15, 0.2) is 0 Å². The zero-order chi connectivity index (χ0) is 13.5. The van der Waals surface area contributed by atoms with Crippen molar-refractivity contribution in [2.24, 2.45) is 5.92 Å². The van der Waals surface area contributed by atoms with Crippen molar-refractivity contribution in [3.8, 4) is 0 Å². The van der Waals surface area contributed by atoms with Crippen LogP contribution in [0.25, 0.3) is 0 Å². The molecule has 1 atom stereocenters. The zero-order valence-electron chi connectivity index (χ0n) is 12.0. The lowest BCUT2D eigenvalue weighted by Crippen LogP contribution is -2.25. The Morgan fingerprint density at radius 2 is 1.84 bits per heavy atom. The molecule has 1 nitrogen and oxygen atoms in total. The maximum absolute atomic E-state index is 13.0. The summed E-state index contributed by atoms with van der Waals surface area (Å²) in [6.07, 6.45) is 9.24. The molecule has 0 spiro atoms. The number of hydrogen-bond acceptors (Lipinski definition) is 1. The van der Waals surface area contributed by atoms with E-state index >= 15 is 0 Å². The summed E-state index contributed by atoms with van der Waals surface area (Å²) in [5.74, 6) is 0.698. The summed E-state index contributed by atoms with van der Waals surface area (Å²) in [6.45, 7) is 3.23. The molecular weight excluding hydrogens is 237 g/mol. The molecular formula is C17H26FN. The molecule has 106 valence electrons. The molecule has 1 N–H and O–H groups in total. The smallest absolute Gasteiger partial charge is 0.123 e. The molecule has 2 rings (SSSR count). The SMILES string of the molecule is CCCNC(CC1CCCCC1)c1ccc(F)cc1. The van der Waals surface area contributed by atoms with Crippen LogP contribution >= 0.6 is 0 Å². The third-order valence-corrected chi connectivity index (χ3v) is 4.21. The predicted molar refractivity (Wildman–Crippen MR) is 78.6 cm³/mol. The van der Waals surface area contributed by atoms with Gasteiger partial charge in [0.25, 0.3) is 0 Å². The van der Waals surface area contributed by atoms with E-state index in [2.05, 4.69) is 12.2 Å². The summed E-state index contributed by atoms with van der Waals surface area (Å²) in [5.41, 5.74) is 1.24. The Balaban J connectivity index is 1.99. The minimum atomic E-state index is -0.143. The summed E-state index contributed by atoms with van der Waals surface area (Å²) >= 11 is 0. The molecule has 0 saturated heterocycles. The molecule has 1 aliphatic carbocycles. The van der Waals surface area contributed by atoms with Gasteiger partial charge < -0.3 is 5.32 Å². The molecule has 1 aromatic carbocycles. The van der Waals surface area contributed by atoms with E-state index in [1.165, 1.54) is 44.1 Å². The van der Waals surface area contributed by atoms with E-state index in [1.54, 1.807) is 12.1 Å². The summed E-state index contributed by atoms with van der Waals surface area (Å²) in [6, 6.07) is 7.42. The second kappa shape index (κ2) is 7.64. The summed E-state index contributed by atoms with van der Waals surface area (Å²) in [7, 11) is 0. The normalized spacial score (nSPS) is 18.4. The largest absolute Gasteiger partial charge is 0.310 e. The summed E-state index contributed by atoms with van der Waals surface area (Å²) in [4.78, 5) is 0. The van der Waals surface area contributed by atoms with Gasteiger partial charge in [0.1, 0.15) is 5.82 Å². The van der Waals surface area contributed by atoms with Gasteiger partial charge in [-0.3, -0.25) is 0 Å². The van der Waals surface area contributed by atoms with Crippen LogP contribution in [0.2, 0.25) is 0 Å². The Morgan fingerprint density at radius 1 is 1.16 bits per heavy atom. The maximum atomic E-state index is 13.0. The van der Waals surface area contributed by atoms with Gasteiger partial charge >= 0.3 is 0 Å². The second-order valence-corrected chi connectivity index (χ2v) is 5.80. The first kappa shape index (κ1) is 14.5. The fraction of sp³-hybridized carbons (Fsp3) is 0.647. The van der Waals surface area contributed by atoms with Gasteiger partial charge in [-0.05, 0) is 43.0 Å². The van der Waals surface area contributed by atoms with Crippen LogP contribution in [0.15, 0.2) is 24.3 Å². The van der Waals surface area contributed by atoms with Crippen molar-refractivity contribution in [2.45, 2.75) is 57.9 Å². The molecule has 1 aromatic rings. The first-order valence-electron chi connectivity index (χ1n) is 7.78. The van der Waals surface area contributed by atoms with Gasteiger partial charge in [-0.2, -0.15) is 0 Å². The fourth-order valence-electron chi connectivity index (χ4n) is 3.11. The van der Waals surface area contributed by atoms with E-state index in [0.717, 1.165) is 18.9 Å². The Hall–Kier alpha value is -0.890. The number of benzene rings is 1. The predicted octanol–water partition coefficient (Wildman–Crippen LogP) is 4.84. The third-order valence-electron chi connectivity index (χ3n) is 4.21. The number of hydrogen-bond donors (Lipinski definition) is 1. The minimum absolute atomic E-state index is 0.143. The molecule has 0 aliphatic heterocycles. The Morgan fingerprint density at radius 3 is 2.47 bits per heavy atom. The van der Waals surface area contributed by atoms with Crippen LogP contribution in [0.4, 0.5) is 4.39 Å². The Bertz CT molecular complexity index is 354. The molecule has 0 aromatic heterocycles. The van der Waals surface area contributed by atoms with E-state index in [-0.39, 0.29) is 5.82 Å². The number of halogens is 1. The standard InChI is InChI=1S/C17H26FN/c1-2-12-19-17(13-14-6-4-3-5-7-14)15-8-10-16(18)11-9-15/h8-11,14,17,19H,2-7,12-13H2,1H3. The monoisotopic (exact) mass is 263 g/mol. The average Bonchev–Trinajstić information content (AvgIpc) is 2.45. The highest BCUT2D eigenvalue weighted by atomic mass is 19.1. The Labute approximate surface area is 116 Å². The lowest BCUT2D eigenvalue weighted by molar-refractivity contribution is 0.300. The average molecular weight is 263 g/mol. The van der Waals surface area contributed by atoms with Crippen molar-refractivity contribution in [1.82, 2.24) is 5.32 Å². The van der Waals surface area contributed by atoms with Gasteiger partial charge in [-0.15, -0.1) is 0 Å². The van der Waals surface area contributed by atoms with Crippen LogP contribution < -0.4 is 5.32 Å². The van der Waals surface area contributed by atoms with Crippen molar-refractivity contribution >= 4 is 0 Å². The van der Waals surface area contributed by atoms with Gasteiger partial charge in [-0.25, -0.2) is 4.39 Å². The van der Waals surface area contributed by atoms with E-state index in [9.17, 15) is 4.39 Å². The summed E-state index contributed by atoms with van der Waals surface area (Å²) < 4.78 is 13.0. The van der Waals surface area contributed by atoms with Gasteiger partial charge in [-0.1, -0.05) is 51.2 Å². The van der Waals surface area contributed by atoms with Gasteiger partial charge in [0.05, 0.1) is 0 Å². The fourth-order valence-corrected chi connectivity index (χ4v) is 3.11. The van der Waals surface area contributed by atoms with Crippen molar-refractivity contribution in [2.75, 3.05) is 6.54 Å². The summed E-state index contributed by atoms with van der Waals surface area (Å²) in [5, 5.41) is 3.63. The Kier molecular flexibility index (Phi) is 5.84. The quantitative estimate of drug-likeness (QED) is 0.774. The maximum Gasteiger partial charge on any atom is 0.123 e. The highest BCUT2D eigenvalue weighted by Crippen LogP contribution is 2.31. The molecule has 1 aliphatic rings. The lowest BCUT2D eigenvalue weighted by Gasteiger charge is -2.27. The molecule has 0 heterocycles. The molecule has 0 amide bonds. The highest BCUT2D eigenvalue weighted by Gasteiger charge is 2.19. The van der Waals surface area contributed by atoms with Crippen molar-refractivity contribution in [1.29, 1.82) is 0 Å². The van der Waals surface area contributed by atoms with Crippen LogP contribution in [0.5, 0.6) is 0 Å². The lowest BCUT2D eigenvalue weighted by atomic mass is 9.83.